The van der Waals surface area contributed by atoms with Crippen LogP contribution in [0.25, 0.3) is 0 Å². The Morgan fingerprint density at radius 2 is 1.86 bits per heavy atom. The number of carbonyl (C=O) groups excluding carboxylic acids is 1. The van der Waals surface area contributed by atoms with E-state index in [-0.39, 0.29) is 5.91 Å². The van der Waals surface area contributed by atoms with Crippen LogP contribution in [-0.2, 0) is 17.8 Å². The third kappa shape index (κ3) is 4.57. The van der Waals surface area contributed by atoms with Crippen molar-refractivity contribution in [2.45, 2.75) is 46.1 Å². The van der Waals surface area contributed by atoms with E-state index in [1.165, 1.54) is 6.42 Å². The Morgan fingerprint density at radius 3 is 2.48 bits per heavy atom. The van der Waals surface area contributed by atoms with Gasteiger partial charge in [-0.05, 0) is 42.2 Å². The van der Waals surface area contributed by atoms with Crippen molar-refractivity contribution in [2.75, 3.05) is 13.1 Å². The number of hydrogen-bond donors (Lipinski definition) is 1. The van der Waals surface area contributed by atoms with Crippen LogP contribution in [-0.4, -0.2) is 23.9 Å². The summed E-state index contributed by atoms with van der Waals surface area (Å²) in [6.07, 6.45) is 4.06. The maximum atomic E-state index is 12.5. The number of rotatable bonds is 4. The van der Waals surface area contributed by atoms with E-state index in [0.29, 0.717) is 13.0 Å². The van der Waals surface area contributed by atoms with E-state index < -0.39 is 0 Å². The molecule has 1 amide bonds. The van der Waals surface area contributed by atoms with Gasteiger partial charge in [0.25, 0.3) is 0 Å². The SMILES string of the molecule is CC(C)C1CCCN(C(=O)Cc2ccc(CN)cc2)CC1. The quantitative estimate of drug-likeness (QED) is 0.926. The standard InChI is InChI=1S/C18H28N2O/c1-14(2)17-4-3-10-20(11-9-17)18(21)12-15-5-7-16(13-19)8-6-15/h5-8,14,17H,3-4,9-13,19H2,1-2H3. The van der Waals surface area contributed by atoms with Crippen molar-refractivity contribution >= 4 is 5.91 Å². The summed E-state index contributed by atoms with van der Waals surface area (Å²) >= 11 is 0. The number of hydrogen-bond acceptors (Lipinski definition) is 2. The molecule has 0 saturated carbocycles. The lowest BCUT2D eigenvalue weighted by molar-refractivity contribution is -0.130. The second-order valence-electron chi connectivity index (χ2n) is 6.51. The molecule has 3 heteroatoms. The van der Waals surface area contributed by atoms with Crippen molar-refractivity contribution in [1.29, 1.82) is 0 Å². The van der Waals surface area contributed by atoms with Gasteiger partial charge in [-0.3, -0.25) is 4.79 Å². The van der Waals surface area contributed by atoms with E-state index >= 15 is 0 Å². The second kappa shape index (κ2) is 7.60. The summed E-state index contributed by atoms with van der Waals surface area (Å²) in [5.74, 6) is 1.76. The van der Waals surface area contributed by atoms with Crippen molar-refractivity contribution in [1.82, 2.24) is 4.90 Å². The number of nitrogens with two attached hydrogens (primary N) is 1. The Kier molecular flexibility index (Phi) is 5.80. The van der Waals surface area contributed by atoms with Crippen molar-refractivity contribution in [3.05, 3.63) is 35.4 Å². The van der Waals surface area contributed by atoms with Gasteiger partial charge in [0.05, 0.1) is 6.42 Å². The van der Waals surface area contributed by atoms with Gasteiger partial charge in [0.2, 0.25) is 5.91 Å². The number of benzene rings is 1. The highest BCUT2D eigenvalue weighted by Crippen LogP contribution is 2.24. The molecule has 1 atom stereocenters. The molecule has 1 unspecified atom stereocenters. The predicted molar refractivity (Wildman–Crippen MR) is 86.8 cm³/mol. The minimum atomic E-state index is 0.264. The third-order valence-electron chi connectivity index (χ3n) is 4.68. The molecule has 2 N–H and O–H groups in total. The first-order valence-corrected chi connectivity index (χ1v) is 8.15. The van der Waals surface area contributed by atoms with Crippen LogP contribution in [0.15, 0.2) is 24.3 Å². The Morgan fingerprint density at radius 1 is 1.19 bits per heavy atom. The van der Waals surface area contributed by atoms with Crippen molar-refractivity contribution in [2.24, 2.45) is 17.6 Å². The fourth-order valence-electron chi connectivity index (χ4n) is 3.12. The van der Waals surface area contributed by atoms with Crippen molar-refractivity contribution in [3.63, 3.8) is 0 Å². The summed E-state index contributed by atoms with van der Waals surface area (Å²) in [6, 6.07) is 8.07. The Balaban J connectivity index is 1.90. The minimum absolute atomic E-state index is 0.264. The van der Waals surface area contributed by atoms with E-state index in [2.05, 4.69) is 18.7 Å². The maximum absolute atomic E-state index is 12.5. The van der Waals surface area contributed by atoms with Crippen LogP contribution in [0, 0.1) is 11.8 Å². The zero-order chi connectivity index (χ0) is 15.2. The summed E-state index contributed by atoms with van der Waals surface area (Å²) in [6.45, 7) is 6.98. The zero-order valence-electron chi connectivity index (χ0n) is 13.3. The van der Waals surface area contributed by atoms with Crippen LogP contribution in [0.4, 0.5) is 0 Å². The van der Waals surface area contributed by atoms with E-state index in [9.17, 15) is 4.79 Å². The number of nitrogens with zero attached hydrogens (tertiary/aromatic N) is 1. The molecule has 1 aromatic carbocycles. The average Bonchev–Trinajstić information content (AvgIpc) is 2.74. The fraction of sp³-hybridized carbons (Fsp3) is 0.611. The summed E-state index contributed by atoms with van der Waals surface area (Å²) < 4.78 is 0. The molecule has 1 fully saturated rings. The normalized spacial score (nSPS) is 19.6. The zero-order valence-corrected chi connectivity index (χ0v) is 13.3. The fourth-order valence-corrected chi connectivity index (χ4v) is 3.12. The Bertz CT molecular complexity index is 453. The largest absolute Gasteiger partial charge is 0.342 e. The number of likely N-dealkylation sites (tertiary alicyclic amines) is 1. The van der Waals surface area contributed by atoms with Gasteiger partial charge in [0, 0.05) is 19.6 Å². The second-order valence-corrected chi connectivity index (χ2v) is 6.51. The smallest absolute Gasteiger partial charge is 0.226 e. The lowest BCUT2D eigenvalue weighted by Gasteiger charge is -2.21. The highest BCUT2D eigenvalue weighted by Gasteiger charge is 2.22. The summed E-state index contributed by atoms with van der Waals surface area (Å²) in [4.78, 5) is 14.5. The molecule has 2 rings (SSSR count). The van der Waals surface area contributed by atoms with Crippen LogP contribution in [0.5, 0.6) is 0 Å². The molecule has 0 bridgehead atoms. The van der Waals surface area contributed by atoms with Crippen LogP contribution < -0.4 is 5.73 Å². The topological polar surface area (TPSA) is 46.3 Å². The van der Waals surface area contributed by atoms with E-state index in [4.69, 9.17) is 5.73 Å². The molecule has 1 aliphatic heterocycles. The van der Waals surface area contributed by atoms with Crippen molar-refractivity contribution in [3.8, 4) is 0 Å². The molecule has 21 heavy (non-hydrogen) atoms. The molecular weight excluding hydrogens is 260 g/mol. The first kappa shape index (κ1) is 16.0. The van der Waals surface area contributed by atoms with Crippen molar-refractivity contribution < 1.29 is 4.79 Å². The molecular formula is C18H28N2O. The number of amides is 1. The van der Waals surface area contributed by atoms with Gasteiger partial charge in [0.1, 0.15) is 0 Å². The van der Waals surface area contributed by atoms with Crippen LogP contribution in [0.3, 0.4) is 0 Å². The summed E-state index contributed by atoms with van der Waals surface area (Å²) in [7, 11) is 0. The lowest BCUT2D eigenvalue weighted by Crippen LogP contribution is -2.33. The van der Waals surface area contributed by atoms with E-state index in [1.807, 2.05) is 24.3 Å². The summed E-state index contributed by atoms with van der Waals surface area (Å²) in [5, 5.41) is 0. The van der Waals surface area contributed by atoms with Gasteiger partial charge >= 0.3 is 0 Å². The van der Waals surface area contributed by atoms with E-state index in [1.54, 1.807) is 0 Å². The maximum Gasteiger partial charge on any atom is 0.226 e. The molecule has 0 spiro atoms. The van der Waals surface area contributed by atoms with Gasteiger partial charge in [-0.25, -0.2) is 0 Å². The van der Waals surface area contributed by atoms with Gasteiger partial charge in [-0.1, -0.05) is 38.1 Å². The molecule has 3 nitrogen and oxygen atoms in total. The molecule has 116 valence electrons. The number of carbonyl (C=O) groups is 1. The molecule has 1 aromatic rings. The Hall–Kier alpha value is -1.35. The first-order chi connectivity index (χ1) is 10.1. The third-order valence-corrected chi connectivity index (χ3v) is 4.68. The van der Waals surface area contributed by atoms with Gasteiger partial charge in [-0.15, -0.1) is 0 Å². The van der Waals surface area contributed by atoms with Gasteiger partial charge < -0.3 is 10.6 Å². The molecule has 0 aliphatic carbocycles. The summed E-state index contributed by atoms with van der Waals surface area (Å²) in [5.41, 5.74) is 7.79. The van der Waals surface area contributed by atoms with Crippen LogP contribution >= 0.6 is 0 Å². The highest BCUT2D eigenvalue weighted by molar-refractivity contribution is 5.78. The monoisotopic (exact) mass is 288 g/mol. The highest BCUT2D eigenvalue weighted by atomic mass is 16.2. The molecule has 1 aliphatic rings. The lowest BCUT2D eigenvalue weighted by atomic mass is 9.89. The average molecular weight is 288 g/mol. The molecule has 1 heterocycles. The van der Waals surface area contributed by atoms with Crippen LogP contribution in [0.2, 0.25) is 0 Å². The Labute approximate surface area is 128 Å². The predicted octanol–water partition coefficient (Wildman–Crippen LogP) is 2.97. The van der Waals surface area contributed by atoms with Gasteiger partial charge in [-0.2, -0.15) is 0 Å². The molecule has 1 saturated heterocycles. The molecule has 0 radical (unpaired) electrons. The minimum Gasteiger partial charge on any atom is -0.342 e. The van der Waals surface area contributed by atoms with E-state index in [0.717, 1.165) is 48.9 Å². The van der Waals surface area contributed by atoms with Crippen LogP contribution in [0.1, 0.15) is 44.2 Å². The first-order valence-electron chi connectivity index (χ1n) is 8.15. The molecule has 0 aromatic heterocycles. The van der Waals surface area contributed by atoms with Gasteiger partial charge in [0.15, 0.2) is 0 Å².